The van der Waals surface area contributed by atoms with Crippen LogP contribution in [0.1, 0.15) is 39.0 Å². The molecule has 1 rings (SSSR count). The zero-order valence-corrected chi connectivity index (χ0v) is 10.9. The Morgan fingerprint density at radius 2 is 2.00 bits per heavy atom. The molecule has 0 radical (unpaired) electrons. The van der Waals surface area contributed by atoms with Crippen LogP contribution in [-0.4, -0.2) is 26.8 Å². The highest BCUT2D eigenvalue weighted by Crippen LogP contribution is 2.24. The molecule has 0 heterocycles. The second kappa shape index (κ2) is 8.77. The average Bonchev–Trinajstić information content (AvgIpc) is 2.30. The highest BCUT2D eigenvalue weighted by Gasteiger charge is 2.17. The summed E-state index contributed by atoms with van der Waals surface area (Å²) in [5, 5.41) is 3.17. The van der Waals surface area contributed by atoms with Crippen molar-refractivity contribution in [3.63, 3.8) is 0 Å². The summed E-state index contributed by atoms with van der Waals surface area (Å²) in [6.45, 7) is 5.36. The molecule has 0 amide bonds. The molecule has 2 nitrogen and oxygen atoms in total. The summed E-state index contributed by atoms with van der Waals surface area (Å²) in [5.41, 5.74) is 0. The van der Waals surface area contributed by atoms with Crippen molar-refractivity contribution in [3.05, 3.63) is 12.2 Å². The van der Waals surface area contributed by atoms with Gasteiger partial charge in [0.1, 0.15) is 0 Å². The zero-order valence-electron chi connectivity index (χ0n) is 10.9. The van der Waals surface area contributed by atoms with E-state index < -0.39 is 0 Å². The molecule has 0 bridgehead atoms. The van der Waals surface area contributed by atoms with Crippen LogP contribution in [-0.2, 0) is 4.74 Å². The number of nitrogens with one attached hydrogen (secondary N) is 1. The molecule has 0 saturated carbocycles. The Bertz CT molecular complexity index is 191. The van der Waals surface area contributed by atoms with Crippen molar-refractivity contribution in [1.29, 1.82) is 0 Å². The van der Waals surface area contributed by atoms with Gasteiger partial charge in [-0.25, -0.2) is 0 Å². The van der Waals surface area contributed by atoms with Crippen LogP contribution in [0.3, 0.4) is 0 Å². The Morgan fingerprint density at radius 1 is 1.19 bits per heavy atom. The Hall–Kier alpha value is -0.340. The van der Waals surface area contributed by atoms with E-state index >= 15 is 0 Å². The summed E-state index contributed by atoms with van der Waals surface area (Å²) in [6.07, 6.45) is 10.8. The number of hydrogen-bond acceptors (Lipinski definition) is 2. The van der Waals surface area contributed by atoms with Gasteiger partial charge in [0.15, 0.2) is 0 Å². The maximum absolute atomic E-state index is 5.77. The van der Waals surface area contributed by atoms with E-state index in [2.05, 4.69) is 24.4 Å². The van der Waals surface area contributed by atoms with Crippen LogP contribution in [0, 0.1) is 11.8 Å². The molecule has 0 aromatic heterocycles. The number of ether oxygens (including phenoxy) is 1. The molecule has 2 unspecified atom stereocenters. The van der Waals surface area contributed by atoms with E-state index in [0.29, 0.717) is 0 Å². The lowest BCUT2D eigenvalue weighted by molar-refractivity contribution is 0.0766. The first-order valence-electron chi connectivity index (χ1n) is 6.72. The predicted molar refractivity (Wildman–Crippen MR) is 69.6 cm³/mol. The molecule has 0 saturated heterocycles. The van der Waals surface area contributed by atoms with Gasteiger partial charge in [-0.3, -0.25) is 0 Å². The lowest BCUT2D eigenvalue weighted by Crippen LogP contribution is -2.19. The van der Waals surface area contributed by atoms with Crippen LogP contribution in [0.2, 0.25) is 0 Å². The molecule has 0 aromatic carbocycles. The lowest BCUT2D eigenvalue weighted by atomic mass is 9.85. The first-order valence-corrected chi connectivity index (χ1v) is 6.72. The van der Waals surface area contributed by atoms with E-state index in [1.807, 2.05) is 7.05 Å². The van der Waals surface area contributed by atoms with Gasteiger partial charge in [0.25, 0.3) is 0 Å². The van der Waals surface area contributed by atoms with Crippen molar-refractivity contribution in [3.8, 4) is 0 Å². The maximum atomic E-state index is 5.77. The SMILES string of the molecule is CNCCCCCOCC1CC=CCC1C. The molecule has 1 N–H and O–H groups in total. The summed E-state index contributed by atoms with van der Waals surface area (Å²) in [7, 11) is 2.01. The van der Waals surface area contributed by atoms with Crippen molar-refractivity contribution < 1.29 is 4.74 Å². The fraction of sp³-hybridized carbons (Fsp3) is 0.857. The Balaban J connectivity index is 1.92. The number of rotatable bonds is 8. The molecule has 94 valence electrons. The van der Waals surface area contributed by atoms with Crippen molar-refractivity contribution in [2.45, 2.75) is 39.0 Å². The summed E-state index contributed by atoms with van der Waals surface area (Å²) in [4.78, 5) is 0. The van der Waals surface area contributed by atoms with Gasteiger partial charge >= 0.3 is 0 Å². The summed E-state index contributed by atoms with van der Waals surface area (Å²) < 4.78 is 5.77. The number of hydrogen-bond donors (Lipinski definition) is 1. The second-order valence-corrected chi connectivity index (χ2v) is 4.92. The largest absolute Gasteiger partial charge is 0.381 e. The van der Waals surface area contributed by atoms with Crippen LogP contribution >= 0.6 is 0 Å². The Morgan fingerprint density at radius 3 is 2.75 bits per heavy atom. The maximum Gasteiger partial charge on any atom is 0.0499 e. The summed E-state index contributed by atoms with van der Waals surface area (Å²) >= 11 is 0. The van der Waals surface area contributed by atoms with Gasteiger partial charge in [0.05, 0.1) is 0 Å². The van der Waals surface area contributed by atoms with Crippen LogP contribution in [0.25, 0.3) is 0 Å². The van der Waals surface area contributed by atoms with Gasteiger partial charge in [-0.15, -0.1) is 0 Å². The Labute approximate surface area is 100 Å². The minimum absolute atomic E-state index is 0.752. The zero-order chi connectivity index (χ0) is 11.6. The molecule has 2 heteroatoms. The third kappa shape index (κ3) is 5.66. The van der Waals surface area contributed by atoms with Crippen molar-refractivity contribution in [2.24, 2.45) is 11.8 Å². The average molecular weight is 225 g/mol. The minimum atomic E-state index is 0.752. The molecule has 0 aliphatic heterocycles. The van der Waals surface area contributed by atoms with E-state index in [4.69, 9.17) is 4.74 Å². The van der Waals surface area contributed by atoms with Crippen molar-refractivity contribution in [1.82, 2.24) is 5.32 Å². The van der Waals surface area contributed by atoms with Crippen LogP contribution < -0.4 is 5.32 Å². The molecule has 0 fully saturated rings. The van der Waals surface area contributed by atoms with E-state index in [1.165, 1.54) is 32.1 Å². The van der Waals surface area contributed by atoms with Gasteiger partial charge in [0, 0.05) is 13.2 Å². The van der Waals surface area contributed by atoms with Crippen LogP contribution in [0.15, 0.2) is 12.2 Å². The van der Waals surface area contributed by atoms with Crippen LogP contribution in [0.5, 0.6) is 0 Å². The number of allylic oxidation sites excluding steroid dienone is 2. The van der Waals surface area contributed by atoms with Gasteiger partial charge < -0.3 is 10.1 Å². The molecular formula is C14H27NO. The monoisotopic (exact) mass is 225 g/mol. The quantitative estimate of drug-likeness (QED) is 0.506. The van der Waals surface area contributed by atoms with E-state index in [1.54, 1.807) is 0 Å². The van der Waals surface area contributed by atoms with E-state index in [9.17, 15) is 0 Å². The molecule has 1 aliphatic rings. The summed E-state index contributed by atoms with van der Waals surface area (Å²) in [6, 6.07) is 0. The number of unbranched alkanes of at least 4 members (excludes halogenated alkanes) is 2. The van der Waals surface area contributed by atoms with Crippen LogP contribution in [0.4, 0.5) is 0 Å². The van der Waals surface area contributed by atoms with E-state index in [-0.39, 0.29) is 0 Å². The first kappa shape index (κ1) is 13.7. The highest BCUT2D eigenvalue weighted by atomic mass is 16.5. The molecule has 2 atom stereocenters. The van der Waals surface area contributed by atoms with Crippen molar-refractivity contribution >= 4 is 0 Å². The minimum Gasteiger partial charge on any atom is -0.381 e. The second-order valence-electron chi connectivity index (χ2n) is 4.92. The molecular weight excluding hydrogens is 198 g/mol. The first-order chi connectivity index (χ1) is 7.84. The third-order valence-electron chi connectivity index (χ3n) is 3.47. The topological polar surface area (TPSA) is 21.3 Å². The normalized spacial score (nSPS) is 24.9. The van der Waals surface area contributed by atoms with Gasteiger partial charge in [0.2, 0.25) is 0 Å². The van der Waals surface area contributed by atoms with Gasteiger partial charge in [-0.05, 0) is 57.5 Å². The smallest absolute Gasteiger partial charge is 0.0499 e. The Kier molecular flexibility index (Phi) is 7.52. The highest BCUT2D eigenvalue weighted by molar-refractivity contribution is 4.93. The molecule has 0 spiro atoms. The lowest BCUT2D eigenvalue weighted by Gasteiger charge is -2.24. The predicted octanol–water partition coefficient (Wildman–Crippen LogP) is 3.00. The molecule has 0 aromatic rings. The van der Waals surface area contributed by atoms with E-state index in [0.717, 1.165) is 31.6 Å². The fourth-order valence-corrected chi connectivity index (χ4v) is 2.16. The van der Waals surface area contributed by atoms with Crippen molar-refractivity contribution in [2.75, 3.05) is 26.8 Å². The summed E-state index contributed by atoms with van der Waals surface area (Å²) in [5.74, 6) is 1.55. The fourth-order valence-electron chi connectivity index (χ4n) is 2.16. The van der Waals surface area contributed by atoms with Gasteiger partial charge in [-0.1, -0.05) is 19.1 Å². The third-order valence-corrected chi connectivity index (χ3v) is 3.47. The standard InChI is InChI=1S/C14H27NO/c1-13-8-4-5-9-14(13)12-16-11-7-3-6-10-15-2/h4-5,13-15H,3,6-12H2,1-2H3. The van der Waals surface area contributed by atoms with Gasteiger partial charge in [-0.2, -0.15) is 0 Å². The molecule has 16 heavy (non-hydrogen) atoms. The molecule has 1 aliphatic carbocycles.